The van der Waals surface area contributed by atoms with Crippen LogP contribution in [0.2, 0.25) is 0 Å². The molecule has 0 bridgehead atoms. The van der Waals surface area contributed by atoms with E-state index in [2.05, 4.69) is 48.7 Å². The molecule has 1 fully saturated rings. The molecule has 3 heterocycles. The topological polar surface area (TPSA) is 43.8 Å². The zero-order valence-electron chi connectivity index (χ0n) is 12.8. The summed E-state index contributed by atoms with van der Waals surface area (Å²) in [6, 6.07) is 10.3. The fraction of sp³-hybridized carbons (Fsp3) is 0.375. The Morgan fingerprint density at radius 2 is 2.09 bits per heavy atom. The van der Waals surface area contributed by atoms with Gasteiger partial charge in [0.15, 0.2) is 5.96 Å². The highest BCUT2D eigenvalue weighted by molar-refractivity contribution is 7.09. The number of guanidine groups is 1. The van der Waals surface area contributed by atoms with Crippen LogP contribution in [0.15, 0.2) is 46.9 Å². The van der Waals surface area contributed by atoms with Crippen LogP contribution in [0, 0.1) is 0 Å². The van der Waals surface area contributed by atoms with Crippen molar-refractivity contribution in [2.75, 3.05) is 38.1 Å². The maximum Gasteiger partial charge on any atom is 0.194 e. The van der Waals surface area contributed by atoms with E-state index < -0.39 is 0 Å². The lowest BCUT2D eigenvalue weighted by Gasteiger charge is -2.37. The second-order valence-corrected chi connectivity index (χ2v) is 6.17. The molecule has 2 aromatic rings. The van der Waals surface area contributed by atoms with Gasteiger partial charge < -0.3 is 15.1 Å². The molecule has 0 spiro atoms. The number of piperazine rings is 1. The minimum atomic E-state index is 0.838. The van der Waals surface area contributed by atoms with Gasteiger partial charge in [-0.25, -0.2) is 4.98 Å². The van der Waals surface area contributed by atoms with Crippen LogP contribution in [-0.4, -0.2) is 49.1 Å². The van der Waals surface area contributed by atoms with Crippen molar-refractivity contribution in [2.45, 2.75) is 6.54 Å². The largest absolute Gasteiger partial charge is 0.353 e. The Labute approximate surface area is 135 Å². The average molecular weight is 315 g/mol. The summed E-state index contributed by atoms with van der Waals surface area (Å²) in [6.45, 7) is 4.69. The summed E-state index contributed by atoms with van der Waals surface area (Å²) >= 11 is 1.77. The summed E-state index contributed by atoms with van der Waals surface area (Å²) < 4.78 is 0. The van der Waals surface area contributed by atoms with E-state index in [1.807, 2.05) is 25.4 Å². The van der Waals surface area contributed by atoms with E-state index in [4.69, 9.17) is 0 Å². The molecule has 22 heavy (non-hydrogen) atoms. The highest BCUT2D eigenvalue weighted by Gasteiger charge is 2.20. The van der Waals surface area contributed by atoms with Crippen molar-refractivity contribution in [2.24, 2.45) is 4.99 Å². The molecule has 0 radical (unpaired) electrons. The first-order valence-corrected chi connectivity index (χ1v) is 8.39. The number of aliphatic imine (C=N–C) groups is 1. The molecule has 2 aromatic heterocycles. The van der Waals surface area contributed by atoms with Crippen LogP contribution >= 0.6 is 11.3 Å². The highest BCUT2D eigenvalue weighted by Crippen LogP contribution is 2.13. The molecule has 1 saturated heterocycles. The zero-order valence-corrected chi connectivity index (χ0v) is 13.6. The number of pyridine rings is 1. The van der Waals surface area contributed by atoms with Crippen molar-refractivity contribution < 1.29 is 0 Å². The van der Waals surface area contributed by atoms with Gasteiger partial charge in [-0.3, -0.25) is 4.99 Å². The second-order valence-electron chi connectivity index (χ2n) is 5.14. The summed E-state index contributed by atoms with van der Waals surface area (Å²) in [5.74, 6) is 2.04. The van der Waals surface area contributed by atoms with Crippen LogP contribution in [0.25, 0.3) is 0 Å². The molecule has 116 valence electrons. The first-order chi connectivity index (χ1) is 10.9. The van der Waals surface area contributed by atoms with Crippen molar-refractivity contribution in [1.29, 1.82) is 0 Å². The van der Waals surface area contributed by atoms with Gasteiger partial charge >= 0.3 is 0 Å². The minimum absolute atomic E-state index is 0.838. The number of hydrogen-bond donors (Lipinski definition) is 1. The molecule has 6 heteroatoms. The van der Waals surface area contributed by atoms with Gasteiger partial charge in [0.1, 0.15) is 5.82 Å². The van der Waals surface area contributed by atoms with Crippen molar-refractivity contribution in [1.82, 2.24) is 15.2 Å². The molecule has 0 saturated carbocycles. The molecular weight excluding hydrogens is 294 g/mol. The second kappa shape index (κ2) is 7.26. The van der Waals surface area contributed by atoms with E-state index >= 15 is 0 Å². The average Bonchev–Trinajstić information content (AvgIpc) is 3.10. The molecule has 0 unspecified atom stereocenters. The van der Waals surface area contributed by atoms with Gasteiger partial charge in [-0.2, -0.15) is 0 Å². The maximum absolute atomic E-state index is 4.43. The molecule has 1 aliphatic heterocycles. The Morgan fingerprint density at radius 1 is 1.23 bits per heavy atom. The summed E-state index contributed by atoms with van der Waals surface area (Å²) in [5.41, 5.74) is 0. The van der Waals surface area contributed by atoms with Gasteiger partial charge in [0.2, 0.25) is 0 Å². The predicted octanol–water partition coefficient (Wildman–Crippen LogP) is 2.04. The Hall–Kier alpha value is -2.08. The third kappa shape index (κ3) is 3.57. The monoisotopic (exact) mass is 315 g/mol. The maximum atomic E-state index is 4.43. The molecule has 0 aliphatic carbocycles. The van der Waals surface area contributed by atoms with E-state index in [-0.39, 0.29) is 0 Å². The molecule has 5 nitrogen and oxygen atoms in total. The number of hydrogen-bond acceptors (Lipinski definition) is 4. The summed E-state index contributed by atoms with van der Waals surface area (Å²) in [7, 11) is 1.85. The Kier molecular flexibility index (Phi) is 4.90. The van der Waals surface area contributed by atoms with Gasteiger partial charge in [-0.05, 0) is 23.6 Å². The number of anilines is 1. The van der Waals surface area contributed by atoms with Gasteiger partial charge in [0.05, 0.1) is 6.54 Å². The predicted molar refractivity (Wildman–Crippen MR) is 92.5 cm³/mol. The van der Waals surface area contributed by atoms with E-state index in [1.54, 1.807) is 11.3 Å². The number of nitrogens with zero attached hydrogens (tertiary/aromatic N) is 4. The highest BCUT2D eigenvalue weighted by atomic mass is 32.1. The molecule has 1 N–H and O–H groups in total. The summed E-state index contributed by atoms with van der Waals surface area (Å²) in [6.07, 6.45) is 1.85. The smallest absolute Gasteiger partial charge is 0.194 e. The standard InChI is InChI=1S/C16H21N5S/c1-17-16(19-13-14-5-4-12-22-14)21-10-8-20(9-11-21)15-6-2-3-7-18-15/h2-7,12H,8-11,13H2,1H3,(H,17,19). The normalized spacial score (nSPS) is 16.0. The van der Waals surface area contributed by atoms with Gasteiger partial charge in [-0.15, -0.1) is 11.3 Å². The van der Waals surface area contributed by atoms with E-state index in [0.29, 0.717) is 0 Å². The molecule has 3 rings (SSSR count). The van der Waals surface area contributed by atoms with Crippen molar-refractivity contribution in [3.8, 4) is 0 Å². The van der Waals surface area contributed by atoms with E-state index in [0.717, 1.165) is 44.5 Å². The van der Waals surface area contributed by atoms with Crippen LogP contribution in [0.3, 0.4) is 0 Å². The van der Waals surface area contributed by atoms with Crippen LogP contribution in [0.5, 0.6) is 0 Å². The SMILES string of the molecule is CN=C(NCc1cccs1)N1CCN(c2ccccn2)CC1. The Balaban J connectivity index is 1.53. The van der Waals surface area contributed by atoms with E-state index in [1.165, 1.54) is 4.88 Å². The van der Waals surface area contributed by atoms with Crippen molar-refractivity contribution in [3.05, 3.63) is 46.8 Å². The molecular formula is C16H21N5S. The number of aromatic nitrogens is 1. The third-order valence-electron chi connectivity index (χ3n) is 3.77. The quantitative estimate of drug-likeness (QED) is 0.695. The zero-order chi connectivity index (χ0) is 15.2. The third-order valence-corrected chi connectivity index (χ3v) is 4.64. The van der Waals surface area contributed by atoms with Crippen LogP contribution < -0.4 is 10.2 Å². The van der Waals surface area contributed by atoms with Crippen LogP contribution in [-0.2, 0) is 6.54 Å². The van der Waals surface area contributed by atoms with Crippen LogP contribution in [0.4, 0.5) is 5.82 Å². The summed E-state index contributed by atoms with van der Waals surface area (Å²) in [4.78, 5) is 14.8. The van der Waals surface area contributed by atoms with Gasteiger partial charge in [0.25, 0.3) is 0 Å². The van der Waals surface area contributed by atoms with E-state index in [9.17, 15) is 0 Å². The Bertz CT molecular complexity index is 588. The fourth-order valence-electron chi connectivity index (χ4n) is 2.60. The number of nitrogens with one attached hydrogen (secondary N) is 1. The molecule has 0 amide bonds. The Morgan fingerprint density at radius 3 is 2.73 bits per heavy atom. The first kappa shape index (κ1) is 14.8. The number of thiophene rings is 1. The van der Waals surface area contributed by atoms with Gasteiger partial charge in [0, 0.05) is 44.3 Å². The lowest BCUT2D eigenvalue weighted by Crippen LogP contribution is -2.52. The number of rotatable bonds is 3. The minimum Gasteiger partial charge on any atom is -0.353 e. The molecule has 1 aliphatic rings. The molecule has 0 aromatic carbocycles. The van der Waals surface area contributed by atoms with Crippen molar-refractivity contribution >= 4 is 23.1 Å². The summed E-state index contributed by atoms with van der Waals surface area (Å²) in [5, 5.41) is 5.55. The lowest BCUT2D eigenvalue weighted by molar-refractivity contribution is 0.371. The van der Waals surface area contributed by atoms with Crippen LogP contribution in [0.1, 0.15) is 4.88 Å². The molecule has 0 atom stereocenters. The first-order valence-electron chi connectivity index (χ1n) is 7.51. The van der Waals surface area contributed by atoms with Gasteiger partial charge in [-0.1, -0.05) is 12.1 Å². The van der Waals surface area contributed by atoms with Crippen molar-refractivity contribution in [3.63, 3.8) is 0 Å². The fourth-order valence-corrected chi connectivity index (χ4v) is 3.24. The lowest BCUT2D eigenvalue weighted by atomic mass is 10.3.